The third-order valence-electron chi connectivity index (χ3n) is 4.85. The number of thiazole rings is 1. The molecule has 0 aliphatic carbocycles. The molecule has 4 rings (SSSR count). The Morgan fingerprint density at radius 2 is 1.89 bits per heavy atom. The summed E-state index contributed by atoms with van der Waals surface area (Å²) < 4.78 is 0. The van der Waals surface area contributed by atoms with Gasteiger partial charge in [-0.15, -0.1) is 11.3 Å². The van der Waals surface area contributed by atoms with Gasteiger partial charge in [-0.1, -0.05) is 41.5 Å². The predicted octanol–water partition coefficient (Wildman–Crippen LogP) is 4.57. The number of fused-ring (bicyclic) bond motifs is 1. The number of benzene rings is 2. The molecule has 1 N–H and O–H groups in total. The van der Waals surface area contributed by atoms with Gasteiger partial charge in [0.25, 0.3) is 5.91 Å². The number of anilines is 1. The molecule has 0 saturated carbocycles. The van der Waals surface area contributed by atoms with E-state index >= 15 is 0 Å². The normalized spacial score (nSPS) is 14.0. The first kappa shape index (κ1) is 17.9. The Morgan fingerprint density at radius 3 is 2.67 bits per heavy atom. The highest BCUT2D eigenvalue weighted by Crippen LogP contribution is 2.22. The molecule has 27 heavy (non-hydrogen) atoms. The van der Waals surface area contributed by atoms with Crippen molar-refractivity contribution in [1.82, 2.24) is 9.88 Å². The van der Waals surface area contributed by atoms with Crippen molar-refractivity contribution in [3.8, 4) is 0 Å². The molecule has 2 aromatic carbocycles. The first-order valence-corrected chi connectivity index (χ1v) is 10.1. The molecule has 0 saturated heterocycles. The van der Waals surface area contributed by atoms with Crippen LogP contribution in [0, 0.1) is 13.8 Å². The lowest BCUT2D eigenvalue weighted by Crippen LogP contribution is -2.30. The predicted molar refractivity (Wildman–Crippen MR) is 110 cm³/mol. The summed E-state index contributed by atoms with van der Waals surface area (Å²) in [7, 11) is 0. The van der Waals surface area contributed by atoms with Crippen molar-refractivity contribution in [1.29, 1.82) is 0 Å². The van der Waals surface area contributed by atoms with E-state index in [4.69, 9.17) is 0 Å². The molecule has 0 radical (unpaired) electrons. The van der Waals surface area contributed by atoms with Crippen LogP contribution in [0.2, 0.25) is 0 Å². The van der Waals surface area contributed by atoms with Gasteiger partial charge in [-0.3, -0.25) is 15.0 Å². The number of rotatable bonds is 4. The average Bonchev–Trinajstić information content (AvgIpc) is 3.07. The molecule has 1 amide bonds. The fraction of sp³-hybridized carbons (Fsp3) is 0.273. The topological polar surface area (TPSA) is 45.2 Å². The van der Waals surface area contributed by atoms with E-state index in [9.17, 15) is 4.79 Å². The van der Waals surface area contributed by atoms with Crippen LogP contribution in [0.25, 0.3) is 0 Å². The number of aryl methyl sites for hydroxylation is 2. The highest BCUT2D eigenvalue weighted by atomic mass is 32.1. The molecular formula is C22H23N3OS. The van der Waals surface area contributed by atoms with Gasteiger partial charge in [-0.2, -0.15) is 0 Å². The monoisotopic (exact) mass is 377 g/mol. The van der Waals surface area contributed by atoms with Crippen LogP contribution in [0.5, 0.6) is 0 Å². The van der Waals surface area contributed by atoms with Gasteiger partial charge >= 0.3 is 0 Å². The second-order valence-corrected chi connectivity index (χ2v) is 8.06. The largest absolute Gasteiger partial charge is 0.298 e. The van der Waals surface area contributed by atoms with Crippen LogP contribution < -0.4 is 5.32 Å². The van der Waals surface area contributed by atoms with Gasteiger partial charge < -0.3 is 0 Å². The summed E-state index contributed by atoms with van der Waals surface area (Å²) in [5, 5.41) is 5.63. The Labute approximate surface area is 163 Å². The smallest absolute Gasteiger partial charge is 0.257 e. The molecule has 0 unspecified atom stereocenters. The van der Waals surface area contributed by atoms with E-state index in [1.165, 1.54) is 22.5 Å². The zero-order valence-electron chi connectivity index (χ0n) is 15.7. The summed E-state index contributed by atoms with van der Waals surface area (Å²) in [6.45, 7) is 6.81. The van der Waals surface area contributed by atoms with Crippen LogP contribution in [0.4, 0.5) is 5.13 Å². The number of carbonyl (C=O) groups excluding carboxylic acids is 1. The second kappa shape index (κ2) is 7.62. The van der Waals surface area contributed by atoms with Crippen LogP contribution in [-0.4, -0.2) is 22.3 Å². The van der Waals surface area contributed by atoms with Gasteiger partial charge in [-0.25, -0.2) is 4.98 Å². The summed E-state index contributed by atoms with van der Waals surface area (Å²) >= 11 is 1.49. The number of amides is 1. The van der Waals surface area contributed by atoms with Crippen LogP contribution in [0.15, 0.2) is 47.8 Å². The van der Waals surface area contributed by atoms with Gasteiger partial charge in [0.15, 0.2) is 5.13 Å². The van der Waals surface area contributed by atoms with Crippen molar-refractivity contribution in [3.63, 3.8) is 0 Å². The van der Waals surface area contributed by atoms with Crippen molar-refractivity contribution in [2.24, 2.45) is 0 Å². The molecular weight excluding hydrogens is 354 g/mol. The Bertz CT molecular complexity index is 959. The molecule has 3 aromatic rings. The van der Waals surface area contributed by atoms with Crippen molar-refractivity contribution in [3.05, 3.63) is 81.4 Å². The fourth-order valence-corrected chi connectivity index (χ4v) is 4.33. The molecule has 0 spiro atoms. The molecule has 1 aliphatic rings. The first-order valence-electron chi connectivity index (χ1n) is 9.20. The third kappa shape index (κ3) is 4.26. The SMILES string of the molecule is Cc1cc(C)cc(C(=O)Nc2nc(CN3CCc4ccccc4C3)cs2)c1. The van der Waals surface area contributed by atoms with Gasteiger partial charge in [0.1, 0.15) is 0 Å². The van der Waals surface area contributed by atoms with Crippen molar-refractivity contribution < 1.29 is 4.79 Å². The Kier molecular flexibility index (Phi) is 5.05. The number of hydrogen-bond acceptors (Lipinski definition) is 4. The lowest BCUT2D eigenvalue weighted by molar-refractivity contribution is 0.102. The summed E-state index contributed by atoms with van der Waals surface area (Å²) in [5.41, 5.74) is 6.72. The first-order chi connectivity index (χ1) is 13.1. The minimum Gasteiger partial charge on any atom is -0.298 e. The molecule has 0 bridgehead atoms. The van der Waals surface area contributed by atoms with Crippen LogP contribution in [0.3, 0.4) is 0 Å². The fourth-order valence-electron chi connectivity index (χ4n) is 3.63. The molecule has 1 aromatic heterocycles. The van der Waals surface area contributed by atoms with Crippen molar-refractivity contribution >= 4 is 22.4 Å². The molecule has 0 fully saturated rings. The molecule has 4 nitrogen and oxygen atoms in total. The van der Waals surface area contributed by atoms with E-state index < -0.39 is 0 Å². The van der Waals surface area contributed by atoms with Gasteiger partial charge in [0.05, 0.1) is 5.69 Å². The van der Waals surface area contributed by atoms with E-state index in [0.29, 0.717) is 10.7 Å². The summed E-state index contributed by atoms with van der Waals surface area (Å²) in [6.07, 6.45) is 1.08. The second-order valence-electron chi connectivity index (χ2n) is 7.20. The Balaban J connectivity index is 1.40. The highest BCUT2D eigenvalue weighted by molar-refractivity contribution is 7.13. The Morgan fingerprint density at radius 1 is 1.15 bits per heavy atom. The van der Waals surface area contributed by atoms with Crippen LogP contribution in [-0.2, 0) is 19.5 Å². The maximum absolute atomic E-state index is 12.5. The summed E-state index contributed by atoms with van der Waals surface area (Å²) in [4.78, 5) is 19.5. The molecule has 0 atom stereocenters. The van der Waals surface area contributed by atoms with E-state index in [1.807, 2.05) is 31.4 Å². The molecule has 5 heteroatoms. The highest BCUT2D eigenvalue weighted by Gasteiger charge is 2.17. The number of aromatic nitrogens is 1. The van der Waals surface area contributed by atoms with E-state index in [0.717, 1.165) is 42.9 Å². The minimum atomic E-state index is -0.102. The molecule has 1 aliphatic heterocycles. The standard InChI is InChI=1S/C22H23N3OS/c1-15-9-16(2)11-19(10-15)21(26)24-22-23-20(14-27-22)13-25-8-7-17-5-3-4-6-18(17)12-25/h3-6,9-11,14H,7-8,12-13H2,1-2H3,(H,23,24,26). The van der Waals surface area contributed by atoms with Gasteiger partial charge in [0.2, 0.25) is 0 Å². The lowest BCUT2D eigenvalue weighted by Gasteiger charge is -2.27. The zero-order chi connectivity index (χ0) is 18.8. The summed E-state index contributed by atoms with van der Waals surface area (Å²) in [5.74, 6) is -0.102. The van der Waals surface area contributed by atoms with E-state index in [1.54, 1.807) is 0 Å². The van der Waals surface area contributed by atoms with Crippen molar-refractivity contribution in [2.45, 2.75) is 33.4 Å². The number of nitrogens with zero attached hydrogens (tertiary/aromatic N) is 2. The molecule has 2 heterocycles. The zero-order valence-corrected chi connectivity index (χ0v) is 16.5. The van der Waals surface area contributed by atoms with Crippen LogP contribution >= 0.6 is 11.3 Å². The van der Waals surface area contributed by atoms with Crippen LogP contribution in [0.1, 0.15) is 38.3 Å². The van der Waals surface area contributed by atoms with Gasteiger partial charge in [0, 0.05) is 30.6 Å². The van der Waals surface area contributed by atoms with E-state index in [-0.39, 0.29) is 5.91 Å². The van der Waals surface area contributed by atoms with Gasteiger partial charge in [-0.05, 0) is 43.5 Å². The summed E-state index contributed by atoms with van der Waals surface area (Å²) in [6, 6.07) is 14.5. The quantitative estimate of drug-likeness (QED) is 0.724. The number of hydrogen-bond donors (Lipinski definition) is 1. The average molecular weight is 378 g/mol. The number of carbonyl (C=O) groups is 1. The Hall–Kier alpha value is -2.50. The number of nitrogens with one attached hydrogen (secondary N) is 1. The maximum Gasteiger partial charge on any atom is 0.257 e. The molecule has 138 valence electrons. The third-order valence-corrected chi connectivity index (χ3v) is 5.66. The van der Waals surface area contributed by atoms with E-state index in [2.05, 4.69) is 45.5 Å². The lowest BCUT2D eigenvalue weighted by atomic mass is 10.00. The van der Waals surface area contributed by atoms with Crippen molar-refractivity contribution in [2.75, 3.05) is 11.9 Å². The maximum atomic E-state index is 12.5. The minimum absolute atomic E-state index is 0.102.